The molecule has 0 radical (unpaired) electrons. The van der Waals surface area contributed by atoms with Crippen LogP contribution in [0.2, 0.25) is 0 Å². The fraction of sp³-hybridized carbons (Fsp3) is 0.500. The number of aromatic nitrogens is 2. The van der Waals surface area contributed by atoms with E-state index in [1.54, 1.807) is 0 Å². The van der Waals surface area contributed by atoms with Crippen LogP contribution in [-0.2, 0) is 19.1 Å². The van der Waals surface area contributed by atoms with Gasteiger partial charge in [0.05, 0.1) is 22.5 Å². The summed E-state index contributed by atoms with van der Waals surface area (Å²) in [4.78, 5) is 65.8. The van der Waals surface area contributed by atoms with Gasteiger partial charge >= 0.3 is 12.1 Å². The van der Waals surface area contributed by atoms with Crippen molar-refractivity contribution in [2.24, 2.45) is 5.92 Å². The number of fused-ring (bicyclic) bond motifs is 3. The maximum atomic E-state index is 14.4. The number of carboxylic acid groups (broad SMARTS) is 1. The van der Waals surface area contributed by atoms with Crippen molar-refractivity contribution in [1.29, 1.82) is 0 Å². The fourth-order valence-corrected chi connectivity index (χ4v) is 7.98. The highest BCUT2D eigenvalue weighted by Gasteiger charge is 2.61. The molecule has 0 spiro atoms. The van der Waals surface area contributed by atoms with E-state index in [0.29, 0.717) is 29.6 Å². The second-order valence-corrected chi connectivity index (χ2v) is 14.4. The maximum Gasteiger partial charge on any atom is 0.408 e. The van der Waals surface area contributed by atoms with Crippen molar-refractivity contribution >= 4 is 46.2 Å². The Morgan fingerprint density at radius 1 is 0.980 bits per heavy atom. The maximum absolute atomic E-state index is 14.4. The molecule has 4 heterocycles. The summed E-state index contributed by atoms with van der Waals surface area (Å²) in [5.41, 5.74) is 0.471. The van der Waals surface area contributed by atoms with E-state index in [1.165, 1.54) is 16.2 Å². The normalized spacial score (nSPS) is 27.8. The minimum atomic E-state index is -1.43. The monoisotopic (exact) mass is 687 g/mol. The first-order valence-electron chi connectivity index (χ1n) is 17.3. The summed E-state index contributed by atoms with van der Waals surface area (Å²) in [6.07, 6.45) is 9.83. The molecule has 0 bridgehead atoms. The highest BCUT2D eigenvalue weighted by Crippen LogP contribution is 2.45. The van der Waals surface area contributed by atoms with Gasteiger partial charge in [0.2, 0.25) is 17.7 Å². The Hall–Kier alpha value is -4.52. The molecule has 2 aliphatic carbocycles. The number of carbonyl (C=O) groups is 4. The van der Waals surface area contributed by atoms with Gasteiger partial charge in [0.25, 0.3) is 0 Å². The van der Waals surface area contributed by atoms with Crippen molar-refractivity contribution in [1.82, 2.24) is 25.5 Å². The van der Waals surface area contributed by atoms with Gasteiger partial charge < -0.3 is 30.1 Å². The van der Waals surface area contributed by atoms with Crippen LogP contribution in [0.15, 0.2) is 53.9 Å². The summed E-state index contributed by atoms with van der Waals surface area (Å²) in [6, 6.07) is 9.37. The van der Waals surface area contributed by atoms with E-state index in [1.807, 2.05) is 53.9 Å². The van der Waals surface area contributed by atoms with E-state index in [0.717, 1.165) is 49.8 Å². The molecule has 258 valence electrons. The number of rotatable bonds is 6. The Labute approximate surface area is 288 Å². The lowest BCUT2D eigenvalue weighted by molar-refractivity contribution is -0.145. The third kappa shape index (κ3) is 7.12. The highest BCUT2D eigenvalue weighted by molar-refractivity contribution is 7.13. The van der Waals surface area contributed by atoms with E-state index in [4.69, 9.17) is 19.4 Å². The minimum Gasteiger partial charge on any atom is -0.479 e. The van der Waals surface area contributed by atoms with E-state index < -0.39 is 47.6 Å². The molecular formula is C36H41N5O7S. The van der Waals surface area contributed by atoms with Crippen molar-refractivity contribution in [2.45, 2.75) is 100 Å². The van der Waals surface area contributed by atoms with Gasteiger partial charge in [0.1, 0.15) is 35.5 Å². The molecule has 3 amide bonds. The molecule has 2 saturated carbocycles. The summed E-state index contributed by atoms with van der Waals surface area (Å²) in [6.45, 7) is 0.0363. The van der Waals surface area contributed by atoms with Crippen molar-refractivity contribution in [3.8, 4) is 16.5 Å². The molecule has 3 N–H and O–H groups in total. The zero-order chi connectivity index (χ0) is 34.0. The van der Waals surface area contributed by atoms with Gasteiger partial charge in [-0.25, -0.2) is 19.6 Å². The number of allylic oxidation sites excluding steroid dienone is 1. The van der Waals surface area contributed by atoms with Gasteiger partial charge in [0, 0.05) is 12.3 Å². The van der Waals surface area contributed by atoms with Crippen molar-refractivity contribution in [3.63, 3.8) is 0 Å². The number of para-hydroxylation sites is 2. The van der Waals surface area contributed by atoms with Gasteiger partial charge in [-0.3, -0.25) is 9.59 Å². The summed E-state index contributed by atoms with van der Waals surface area (Å²) < 4.78 is 12.2. The molecule has 1 saturated heterocycles. The van der Waals surface area contributed by atoms with Crippen LogP contribution < -0.4 is 15.4 Å². The topological polar surface area (TPSA) is 160 Å². The quantitative estimate of drug-likeness (QED) is 0.295. The lowest BCUT2D eigenvalue weighted by Gasteiger charge is -2.29. The molecule has 7 rings (SSSR count). The molecule has 49 heavy (non-hydrogen) atoms. The number of hydrogen-bond acceptors (Lipinski definition) is 9. The number of carboxylic acids is 1. The van der Waals surface area contributed by atoms with E-state index in [9.17, 15) is 24.3 Å². The van der Waals surface area contributed by atoms with E-state index >= 15 is 0 Å². The van der Waals surface area contributed by atoms with Crippen molar-refractivity contribution < 1.29 is 33.8 Å². The number of amides is 3. The molecule has 13 heteroatoms. The van der Waals surface area contributed by atoms with Crippen LogP contribution in [-0.4, -0.2) is 80.2 Å². The molecular weight excluding hydrogens is 646 g/mol. The average molecular weight is 688 g/mol. The first-order chi connectivity index (χ1) is 23.8. The molecule has 2 aromatic heterocycles. The Morgan fingerprint density at radius 2 is 1.76 bits per heavy atom. The van der Waals surface area contributed by atoms with Crippen LogP contribution in [0.3, 0.4) is 0 Å². The molecule has 3 aromatic rings. The second-order valence-electron chi connectivity index (χ2n) is 13.5. The molecule has 2 aliphatic heterocycles. The predicted molar refractivity (Wildman–Crippen MR) is 182 cm³/mol. The van der Waals surface area contributed by atoms with Crippen molar-refractivity contribution in [3.05, 3.63) is 53.9 Å². The van der Waals surface area contributed by atoms with Gasteiger partial charge in [-0.15, -0.1) is 11.3 Å². The average Bonchev–Trinajstić information content (AvgIpc) is 3.58. The Morgan fingerprint density at radius 3 is 2.51 bits per heavy atom. The molecule has 4 aliphatic rings. The lowest BCUT2D eigenvalue weighted by atomic mass is 10.0. The Kier molecular flexibility index (Phi) is 9.53. The number of ether oxygens (including phenoxy) is 2. The van der Waals surface area contributed by atoms with E-state index in [2.05, 4.69) is 10.6 Å². The highest BCUT2D eigenvalue weighted by atomic mass is 32.1. The van der Waals surface area contributed by atoms with Gasteiger partial charge in [-0.1, -0.05) is 43.2 Å². The van der Waals surface area contributed by atoms with Gasteiger partial charge in [-0.2, -0.15) is 0 Å². The number of thiophene rings is 1. The number of hydrogen-bond donors (Lipinski definition) is 3. The number of alkyl carbamates (subject to hydrolysis) is 1. The van der Waals surface area contributed by atoms with Crippen LogP contribution >= 0.6 is 11.3 Å². The molecule has 5 atom stereocenters. The number of nitrogens with one attached hydrogen (secondary N) is 2. The molecule has 1 aromatic carbocycles. The van der Waals surface area contributed by atoms with Crippen LogP contribution in [0.1, 0.15) is 70.6 Å². The summed E-state index contributed by atoms with van der Waals surface area (Å²) in [5.74, 6) is -2.15. The predicted octanol–water partition coefficient (Wildman–Crippen LogP) is 5.22. The van der Waals surface area contributed by atoms with E-state index in [-0.39, 0.29) is 37.3 Å². The lowest BCUT2D eigenvalue weighted by Crippen LogP contribution is -2.56. The smallest absolute Gasteiger partial charge is 0.408 e. The Balaban J connectivity index is 1.19. The first-order valence-corrected chi connectivity index (χ1v) is 18.2. The largest absolute Gasteiger partial charge is 0.479 e. The van der Waals surface area contributed by atoms with Crippen LogP contribution in [0.5, 0.6) is 5.88 Å². The fourth-order valence-electron chi connectivity index (χ4n) is 7.28. The standard InChI is InChI=1S/C36H41N5O7S/c42-31-28-19-24(47-32-30(29-17-10-18-49-29)37-25-14-8-9-15-26(25)38-32)21-41(28)33(43)27(39-35(46)48-23-12-6-7-13-23)16-5-3-1-2-4-11-22-20-36(22,40-31)34(44)45/h4,8-11,14-15,17-18,22-24,27-28H,1-3,5-7,12-13,16,19-21H2,(H,39,46)(H,40,42)(H,44,45)/t22?,24-,27+,28+,36-/m1/s1. The second kappa shape index (κ2) is 14.1. The van der Waals surface area contributed by atoms with Gasteiger partial charge in [-0.05, 0) is 74.9 Å². The SMILES string of the molecule is O=C(N[C@H]1CCCCCC=CC2C[C@@]2(C(=O)O)NC(=O)[C@@H]2C[C@@H](Oc3nc4ccccc4nc3-c3cccs3)CN2C1=O)OC1CCCC1. The van der Waals surface area contributed by atoms with Crippen LogP contribution in [0.25, 0.3) is 21.6 Å². The van der Waals surface area contributed by atoms with Crippen LogP contribution in [0, 0.1) is 5.92 Å². The first kappa shape index (κ1) is 33.0. The Bertz CT molecular complexity index is 1740. The van der Waals surface area contributed by atoms with Crippen LogP contribution in [0.4, 0.5) is 4.79 Å². The number of benzene rings is 1. The molecule has 12 nitrogen and oxygen atoms in total. The van der Waals surface area contributed by atoms with Gasteiger partial charge in [0.15, 0.2) is 0 Å². The molecule has 1 unspecified atom stereocenters. The number of carbonyl (C=O) groups excluding carboxylic acids is 3. The summed E-state index contributed by atoms with van der Waals surface area (Å²) >= 11 is 1.50. The molecule has 3 fully saturated rings. The summed E-state index contributed by atoms with van der Waals surface area (Å²) in [5, 5.41) is 17.7. The number of nitrogens with zero attached hydrogens (tertiary/aromatic N) is 3. The summed E-state index contributed by atoms with van der Waals surface area (Å²) in [7, 11) is 0. The zero-order valence-electron chi connectivity index (χ0n) is 27.2. The third-order valence-electron chi connectivity index (χ3n) is 10.1. The third-order valence-corrected chi connectivity index (χ3v) is 10.9. The number of aliphatic carboxylic acids is 1. The minimum absolute atomic E-state index is 0.0363. The van der Waals surface area contributed by atoms with Crippen molar-refractivity contribution in [2.75, 3.05) is 6.54 Å². The zero-order valence-corrected chi connectivity index (χ0v) is 28.0.